The Hall–Kier alpha value is -2.12. The molecule has 1 atom stereocenters. The summed E-state index contributed by atoms with van der Waals surface area (Å²) >= 11 is 0. The van der Waals surface area contributed by atoms with Gasteiger partial charge in [-0.2, -0.15) is 0 Å². The van der Waals surface area contributed by atoms with Gasteiger partial charge in [-0.1, -0.05) is 0 Å². The van der Waals surface area contributed by atoms with Crippen molar-refractivity contribution in [3.05, 3.63) is 0 Å². The van der Waals surface area contributed by atoms with E-state index in [0.717, 1.165) is 17.7 Å². The predicted molar refractivity (Wildman–Crippen MR) is 80.5 cm³/mol. The largest absolute Gasteiger partial charge is 0.480 e. The third-order valence-corrected chi connectivity index (χ3v) is 4.22. The summed E-state index contributed by atoms with van der Waals surface area (Å²) in [4.78, 5) is 49.7. The van der Waals surface area contributed by atoms with Gasteiger partial charge in [-0.15, -0.1) is 0 Å². The van der Waals surface area contributed by atoms with Crippen LogP contribution >= 0.6 is 0 Å². The molecule has 4 amide bonds. The van der Waals surface area contributed by atoms with E-state index in [2.05, 4.69) is 5.32 Å². The van der Waals surface area contributed by atoms with Crippen molar-refractivity contribution >= 4 is 23.8 Å². The molecule has 0 spiro atoms. The van der Waals surface area contributed by atoms with Crippen LogP contribution in [0.4, 0.5) is 4.79 Å². The van der Waals surface area contributed by atoms with Crippen LogP contribution in [-0.2, 0) is 14.4 Å². The number of carboxylic acids is 1. The predicted octanol–water partition coefficient (Wildman–Crippen LogP) is 0.561. The molecule has 2 rings (SSSR count). The smallest absolute Gasteiger partial charge is 0.326 e. The molecule has 2 aliphatic rings. The van der Waals surface area contributed by atoms with Gasteiger partial charge in [0, 0.05) is 19.0 Å². The monoisotopic (exact) mass is 325 g/mol. The first-order valence-electron chi connectivity index (χ1n) is 7.83. The lowest BCUT2D eigenvalue weighted by molar-refractivity contribution is -0.150. The lowest BCUT2D eigenvalue weighted by atomic mass is 10.1. The van der Waals surface area contributed by atoms with Gasteiger partial charge >= 0.3 is 12.0 Å². The lowest BCUT2D eigenvalue weighted by Gasteiger charge is -2.26. The number of carbonyl (C=O) groups excluding carboxylic acids is 3. The molecular weight excluding hydrogens is 302 g/mol. The average molecular weight is 325 g/mol. The normalized spacial score (nSPS) is 21.1. The number of hydrogen-bond acceptors (Lipinski definition) is 4. The van der Waals surface area contributed by atoms with Crippen LogP contribution in [-0.4, -0.2) is 62.9 Å². The number of hydrogen-bond donors (Lipinski definition) is 2. The van der Waals surface area contributed by atoms with Crippen molar-refractivity contribution in [1.82, 2.24) is 15.1 Å². The van der Waals surface area contributed by atoms with E-state index in [1.807, 2.05) is 0 Å². The van der Waals surface area contributed by atoms with Gasteiger partial charge in [-0.25, -0.2) is 9.59 Å². The number of nitrogens with zero attached hydrogens (tertiary/aromatic N) is 2. The second-order valence-electron chi connectivity index (χ2n) is 6.66. The first-order valence-corrected chi connectivity index (χ1v) is 7.83. The fourth-order valence-corrected chi connectivity index (χ4v) is 2.75. The van der Waals surface area contributed by atoms with E-state index in [9.17, 15) is 19.2 Å². The van der Waals surface area contributed by atoms with Crippen LogP contribution in [0.2, 0.25) is 0 Å². The number of imide groups is 1. The highest BCUT2D eigenvalue weighted by molar-refractivity contribution is 6.06. The number of rotatable bonds is 7. The maximum absolute atomic E-state index is 12.3. The number of aliphatic carboxylic acids is 1. The van der Waals surface area contributed by atoms with E-state index in [1.54, 1.807) is 13.8 Å². The average Bonchev–Trinajstić information content (AvgIpc) is 3.23. The van der Waals surface area contributed by atoms with Crippen molar-refractivity contribution in [3.63, 3.8) is 0 Å². The Balaban J connectivity index is 1.88. The van der Waals surface area contributed by atoms with E-state index < -0.39 is 23.6 Å². The van der Waals surface area contributed by atoms with Crippen molar-refractivity contribution in [3.8, 4) is 0 Å². The molecule has 2 fully saturated rings. The van der Waals surface area contributed by atoms with Crippen molar-refractivity contribution < 1.29 is 24.3 Å². The second-order valence-corrected chi connectivity index (χ2v) is 6.66. The van der Waals surface area contributed by atoms with E-state index in [4.69, 9.17) is 5.11 Å². The van der Waals surface area contributed by atoms with Gasteiger partial charge in [0.05, 0.1) is 0 Å². The zero-order chi connectivity index (χ0) is 17.4. The van der Waals surface area contributed by atoms with Crippen LogP contribution in [0.3, 0.4) is 0 Å². The van der Waals surface area contributed by atoms with Crippen LogP contribution < -0.4 is 5.32 Å². The van der Waals surface area contributed by atoms with Gasteiger partial charge in [-0.05, 0) is 40.0 Å². The van der Waals surface area contributed by atoms with Crippen LogP contribution in [0.25, 0.3) is 0 Å². The Kier molecular flexibility index (Phi) is 4.63. The van der Waals surface area contributed by atoms with Gasteiger partial charge < -0.3 is 15.3 Å². The number of nitrogens with one attached hydrogen (secondary N) is 1. The lowest BCUT2D eigenvalue weighted by Crippen LogP contribution is -2.45. The summed E-state index contributed by atoms with van der Waals surface area (Å²) in [7, 11) is 0. The van der Waals surface area contributed by atoms with Gasteiger partial charge in [0.25, 0.3) is 5.91 Å². The molecule has 128 valence electrons. The van der Waals surface area contributed by atoms with Gasteiger partial charge in [0.15, 0.2) is 0 Å². The fourth-order valence-electron chi connectivity index (χ4n) is 2.75. The Morgan fingerprint density at radius 2 is 2.00 bits per heavy atom. The molecule has 0 aromatic carbocycles. The van der Waals surface area contributed by atoms with Crippen LogP contribution in [0.15, 0.2) is 0 Å². The van der Waals surface area contributed by atoms with E-state index in [-0.39, 0.29) is 30.8 Å². The fraction of sp³-hybridized carbons (Fsp3) is 0.733. The zero-order valence-electron chi connectivity index (χ0n) is 13.7. The SMILES string of the molecule is CC(C(=O)O)N(C(=O)CCCN1C(=O)NC(C)(C)C1=O)C1CC1. The maximum atomic E-state index is 12.3. The molecule has 0 radical (unpaired) electrons. The number of carboxylic acid groups (broad SMARTS) is 1. The highest BCUT2D eigenvalue weighted by Crippen LogP contribution is 2.29. The molecule has 1 unspecified atom stereocenters. The summed E-state index contributed by atoms with van der Waals surface area (Å²) in [6.07, 6.45) is 2.09. The maximum Gasteiger partial charge on any atom is 0.326 e. The Bertz CT molecular complexity index is 541. The van der Waals surface area contributed by atoms with Crippen molar-refractivity contribution in [2.24, 2.45) is 0 Å². The molecular formula is C15H23N3O5. The Labute approximate surface area is 134 Å². The molecule has 8 heteroatoms. The minimum absolute atomic E-state index is 0.00394. The summed E-state index contributed by atoms with van der Waals surface area (Å²) in [5.74, 6) is -1.58. The Morgan fingerprint density at radius 3 is 2.43 bits per heavy atom. The standard InChI is InChI=1S/C15H23N3O5/c1-9(12(20)21)18(10-6-7-10)11(19)5-4-8-17-13(22)15(2,3)16-14(17)23/h9-10H,4-8H2,1-3H3,(H,16,23)(H,20,21). The molecule has 23 heavy (non-hydrogen) atoms. The van der Waals surface area contributed by atoms with Crippen molar-refractivity contribution in [2.75, 3.05) is 6.54 Å². The summed E-state index contributed by atoms with van der Waals surface area (Å²) in [5, 5.41) is 11.7. The second kappa shape index (κ2) is 6.17. The topological polar surface area (TPSA) is 107 Å². The van der Waals surface area contributed by atoms with Gasteiger partial charge in [-0.3, -0.25) is 14.5 Å². The molecule has 1 aliphatic carbocycles. The van der Waals surface area contributed by atoms with Gasteiger partial charge in [0.1, 0.15) is 11.6 Å². The number of amides is 4. The number of urea groups is 1. The van der Waals surface area contributed by atoms with Crippen LogP contribution in [0, 0.1) is 0 Å². The van der Waals surface area contributed by atoms with Crippen LogP contribution in [0.1, 0.15) is 46.5 Å². The minimum Gasteiger partial charge on any atom is -0.480 e. The molecule has 2 N–H and O–H groups in total. The third-order valence-electron chi connectivity index (χ3n) is 4.22. The van der Waals surface area contributed by atoms with Crippen LogP contribution in [0.5, 0.6) is 0 Å². The molecule has 0 aromatic heterocycles. The molecule has 1 saturated heterocycles. The minimum atomic E-state index is -1.03. The molecule has 1 heterocycles. The molecule has 0 bridgehead atoms. The zero-order valence-corrected chi connectivity index (χ0v) is 13.7. The van der Waals surface area contributed by atoms with Crippen molar-refractivity contribution in [1.29, 1.82) is 0 Å². The Morgan fingerprint density at radius 1 is 1.39 bits per heavy atom. The first-order chi connectivity index (χ1) is 10.6. The van der Waals surface area contributed by atoms with E-state index >= 15 is 0 Å². The van der Waals surface area contributed by atoms with Crippen molar-refractivity contribution in [2.45, 2.75) is 64.1 Å². The summed E-state index contributed by atoms with van der Waals surface area (Å²) < 4.78 is 0. The molecule has 0 aromatic rings. The summed E-state index contributed by atoms with van der Waals surface area (Å²) in [6, 6.07) is -1.31. The molecule has 8 nitrogen and oxygen atoms in total. The third kappa shape index (κ3) is 3.62. The van der Waals surface area contributed by atoms with E-state index in [0.29, 0.717) is 6.42 Å². The highest BCUT2D eigenvalue weighted by Gasteiger charge is 2.44. The highest BCUT2D eigenvalue weighted by atomic mass is 16.4. The first kappa shape index (κ1) is 17.2. The van der Waals surface area contributed by atoms with Gasteiger partial charge in [0.2, 0.25) is 5.91 Å². The van der Waals surface area contributed by atoms with E-state index in [1.165, 1.54) is 11.8 Å². The molecule has 1 aliphatic heterocycles. The quantitative estimate of drug-likeness (QED) is 0.665. The summed E-state index contributed by atoms with van der Waals surface area (Å²) in [6.45, 7) is 4.90. The summed E-state index contributed by atoms with van der Waals surface area (Å²) in [5.41, 5.74) is -0.918. The number of carbonyl (C=O) groups is 4. The molecule has 1 saturated carbocycles.